The first-order valence-corrected chi connectivity index (χ1v) is 8.37. The highest BCUT2D eigenvalue weighted by atomic mass is 32.2. The van der Waals surface area contributed by atoms with Gasteiger partial charge in [0.2, 0.25) is 11.8 Å². The predicted octanol–water partition coefficient (Wildman–Crippen LogP) is -1.45. The molecule has 9 heteroatoms. The zero-order valence-corrected chi connectivity index (χ0v) is 13.7. The number of hydrogen-bond acceptors (Lipinski definition) is 5. The van der Waals surface area contributed by atoms with Crippen molar-refractivity contribution in [2.75, 3.05) is 30.0 Å². The fraction of sp³-hybridized carbons (Fsp3) is 0.308. The van der Waals surface area contributed by atoms with Gasteiger partial charge in [-0.3, -0.25) is 18.6 Å². The molecule has 1 aromatic carbocycles. The standard InChI is InChI=1S/C13H17N2O5PS/c16-6-10(17)7-22(20)8-13(19)14-5-12(18)15-9-2-1-3-11(21)4-9/h1-4,16H,5-8,21H2,(H,14,19)(H,15,18). The second kappa shape index (κ2) is 9.40. The molecule has 2 atom stereocenters. The van der Waals surface area contributed by atoms with E-state index in [2.05, 4.69) is 19.9 Å². The largest absolute Gasteiger partial charge is 0.389 e. The van der Waals surface area contributed by atoms with E-state index < -0.39 is 35.0 Å². The highest BCUT2D eigenvalue weighted by molar-refractivity contribution is 7.86. The monoisotopic (exact) mass is 344 g/mol. The molecular formula is C13H17N2O5PS. The molecule has 3 N–H and O–H groups in total. The fourth-order valence-electron chi connectivity index (χ4n) is 1.47. The minimum absolute atomic E-state index is 0.259. The van der Waals surface area contributed by atoms with Gasteiger partial charge in [0.25, 0.3) is 0 Å². The Bertz CT molecular complexity index is 594. The maximum Gasteiger partial charge on any atom is 0.243 e. The number of Topliss-reactive ketones (excluding diaryl/α,β-unsaturated/α-hetero) is 1. The summed E-state index contributed by atoms with van der Waals surface area (Å²) in [4.78, 5) is 34.0. The van der Waals surface area contributed by atoms with Gasteiger partial charge in [-0.1, -0.05) is 12.1 Å². The van der Waals surface area contributed by atoms with Crippen LogP contribution in [0.25, 0.3) is 0 Å². The zero-order valence-electron chi connectivity index (χ0n) is 11.7. The molecule has 0 saturated heterocycles. The van der Waals surface area contributed by atoms with Crippen LogP contribution in [-0.2, 0) is 25.2 Å². The number of carbonyl (C=O) groups is 3. The summed E-state index contributed by atoms with van der Waals surface area (Å²) in [6, 6.07) is 7.09. The predicted molar refractivity (Wildman–Crippen MR) is 87.4 cm³/mol. The number of amides is 2. The lowest BCUT2D eigenvalue weighted by Gasteiger charge is -2.07. The molecule has 1 rings (SSSR count). The van der Waals surface area contributed by atoms with Crippen molar-refractivity contribution in [2.45, 2.75) is 0 Å². The van der Waals surface area contributed by atoms with Gasteiger partial charge in [-0.2, -0.15) is 0 Å². The molecule has 0 aliphatic rings. The van der Waals surface area contributed by atoms with E-state index in [0.29, 0.717) is 5.69 Å². The van der Waals surface area contributed by atoms with Gasteiger partial charge in [0.1, 0.15) is 12.4 Å². The minimum Gasteiger partial charge on any atom is -0.389 e. The van der Waals surface area contributed by atoms with Crippen molar-refractivity contribution < 1.29 is 23.7 Å². The van der Waals surface area contributed by atoms with Gasteiger partial charge in [0.15, 0.2) is 5.78 Å². The highest BCUT2D eigenvalue weighted by Crippen LogP contribution is 2.05. The topological polar surface area (TPSA) is 113 Å². The molecule has 1 aromatic rings. The van der Waals surface area contributed by atoms with Crippen molar-refractivity contribution in [3.8, 4) is 0 Å². The molecule has 0 spiro atoms. The van der Waals surface area contributed by atoms with Crippen molar-refractivity contribution in [1.29, 1.82) is 0 Å². The fourth-order valence-corrected chi connectivity index (χ4v) is 2.71. The van der Waals surface area contributed by atoms with Crippen molar-refractivity contribution in [1.82, 2.24) is 5.32 Å². The van der Waals surface area contributed by atoms with Crippen molar-refractivity contribution in [3.05, 3.63) is 24.3 Å². The molecule has 120 valence electrons. The Morgan fingerprint density at radius 1 is 1.18 bits per heavy atom. The van der Waals surface area contributed by atoms with Crippen LogP contribution in [0.4, 0.5) is 5.69 Å². The van der Waals surface area contributed by atoms with Crippen molar-refractivity contribution >= 4 is 48.6 Å². The number of rotatable bonds is 8. The summed E-state index contributed by atoms with van der Waals surface area (Å²) in [6.45, 7) is -0.963. The summed E-state index contributed by atoms with van der Waals surface area (Å²) in [7, 11) is 0.810. The van der Waals surface area contributed by atoms with Gasteiger partial charge in [0.05, 0.1) is 12.3 Å². The number of anilines is 1. The van der Waals surface area contributed by atoms with E-state index >= 15 is 0 Å². The van der Waals surface area contributed by atoms with Crippen LogP contribution in [0.3, 0.4) is 0 Å². The van der Waals surface area contributed by atoms with E-state index in [0.717, 1.165) is 5.30 Å². The number of carbonyl (C=O) groups excluding carboxylic acids is 3. The number of benzene rings is 1. The third kappa shape index (κ3) is 7.40. The molecule has 0 bridgehead atoms. The minimum atomic E-state index is -1.69. The Hall–Kier alpha value is -1.63. The molecule has 0 heterocycles. The lowest BCUT2D eigenvalue weighted by atomic mass is 10.3. The van der Waals surface area contributed by atoms with E-state index in [-0.39, 0.29) is 18.1 Å². The SMILES string of the molecule is O=C(CO)CS(=O)CC(=O)NCC(=O)Nc1cccc(P)c1. The molecule has 0 aromatic heterocycles. The first-order valence-electron chi connectivity index (χ1n) is 6.30. The molecule has 7 nitrogen and oxygen atoms in total. The number of aliphatic hydroxyl groups is 1. The van der Waals surface area contributed by atoms with Crippen LogP contribution in [0.5, 0.6) is 0 Å². The van der Waals surface area contributed by atoms with E-state index in [1.54, 1.807) is 18.2 Å². The summed E-state index contributed by atoms with van der Waals surface area (Å²) in [5, 5.41) is 14.3. The molecule has 2 amide bonds. The van der Waals surface area contributed by atoms with Gasteiger partial charge >= 0.3 is 0 Å². The van der Waals surface area contributed by atoms with Crippen LogP contribution in [0.1, 0.15) is 0 Å². The molecule has 0 aliphatic carbocycles. The van der Waals surface area contributed by atoms with Crippen LogP contribution in [-0.4, -0.2) is 51.6 Å². The van der Waals surface area contributed by atoms with Gasteiger partial charge in [-0.05, 0) is 17.4 Å². The number of hydrogen-bond donors (Lipinski definition) is 3. The average molecular weight is 344 g/mol. The highest BCUT2D eigenvalue weighted by Gasteiger charge is 2.12. The first-order chi connectivity index (χ1) is 10.4. The summed E-state index contributed by atoms with van der Waals surface area (Å²) < 4.78 is 11.4. The van der Waals surface area contributed by atoms with Crippen LogP contribution < -0.4 is 15.9 Å². The number of aliphatic hydroxyl groups excluding tert-OH is 1. The lowest BCUT2D eigenvalue weighted by Crippen LogP contribution is -2.36. The molecular weight excluding hydrogens is 327 g/mol. The maximum atomic E-state index is 11.6. The third-order valence-electron chi connectivity index (χ3n) is 2.41. The van der Waals surface area contributed by atoms with E-state index in [1.165, 1.54) is 0 Å². The smallest absolute Gasteiger partial charge is 0.243 e. The summed E-state index contributed by atoms with van der Waals surface area (Å²) in [6.07, 6.45) is 0. The third-order valence-corrected chi connectivity index (χ3v) is 3.99. The van der Waals surface area contributed by atoms with Gasteiger partial charge < -0.3 is 15.7 Å². The second-order valence-corrected chi connectivity index (χ2v) is 6.50. The van der Waals surface area contributed by atoms with Crippen LogP contribution in [0, 0.1) is 0 Å². The Morgan fingerprint density at radius 2 is 1.91 bits per heavy atom. The Kier molecular flexibility index (Phi) is 7.87. The zero-order chi connectivity index (χ0) is 16.5. The van der Waals surface area contributed by atoms with E-state index in [9.17, 15) is 18.6 Å². The lowest BCUT2D eigenvalue weighted by molar-refractivity contribution is -0.122. The molecule has 0 saturated carbocycles. The number of nitrogens with one attached hydrogen (secondary N) is 2. The van der Waals surface area contributed by atoms with E-state index in [1.807, 2.05) is 6.07 Å². The molecule has 0 aliphatic heterocycles. The Labute approximate surface area is 132 Å². The molecule has 0 radical (unpaired) electrons. The van der Waals surface area contributed by atoms with Crippen LogP contribution >= 0.6 is 9.24 Å². The summed E-state index contributed by atoms with van der Waals surface area (Å²) >= 11 is 0. The molecule has 22 heavy (non-hydrogen) atoms. The average Bonchev–Trinajstić information content (AvgIpc) is 2.44. The molecule has 0 fully saturated rings. The van der Waals surface area contributed by atoms with Gasteiger partial charge in [0, 0.05) is 16.5 Å². The quantitative estimate of drug-likeness (QED) is 0.500. The van der Waals surface area contributed by atoms with Crippen molar-refractivity contribution in [2.24, 2.45) is 0 Å². The summed E-state index contributed by atoms with van der Waals surface area (Å²) in [5.41, 5.74) is 0.601. The van der Waals surface area contributed by atoms with Crippen LogP contribution in [0.2, 0.25) is 0 Å². The summed E-state index contributed by atoms with van der Waals surface area (Å²) in [5.74, 6) is -2.38. The number of ketones is 1. The first kappa shape index (κ1) is 18.4. The van der Waals surface area contributed by atoms with Crippen molar-refractivity contribution in [3.63, 3.8) is 0 Å². The molecule has 2 unspecified atom stereocenters. The van der Waals surface area contributed by atoms with Gasteiger partial charge in [-0.15, -0.1) is 9.24 Å². The second-order valence-electron chi connectivity index (χ2n) is 4.38. The Balaban J connectivity index is 2.33. The normalized spacial score (nSPS) is 11.5. The maximum absolute atomic E-state index is 11.6. The van der Waals surface area contributed by atoms with Gasteiger partial charge in [-0.25, -0.2) is 0 Å². The van der Waals surface area contributed by atoms with E-state index in [4.69, 9.17) is 5.11 Å². The van der Waals surface area contributed by atoms with Crippen LogP contribution in [0.15, 0.2) is 24.3 Å². The Morgan fingerprint density at radius 3 is 2.55 bits per heavy atom.